The summed E-state index contributed by atoms with van der Waals surface area (Å²) in [6.45, 7) is 0. The largest absolute Gasteiger partial charge is 0.257 e. The molecule has 2 heteroatoms. The molecule has 2 aromatic rings. The maximum atomic E-state index is 4.44. The molecule has 1 aromatic carbocycles. The van der Waals surface area contributed by atoms with E-state index in [9.17, 15) is 0 Å². The maximum absolute atomic E-state index is 4.44. The van der Waals surface area contributed by atoms with Crippen LogP contribution in [0, 0.1) is 6.07 Å². The molecule has 1 radical (unpaired) electrons. The highest BCUT2D eigenvalue weighted by Crippen LogP contribution is 2.42. The molecule has 1 saturated carbocycles. The quantitative estimate of drug-likeness (QED) is 0.736. The first-order valence-electron chi connectivity index (χ1n) is 5.22. The summed E-state index contributed by atoms with van der Waals surface area (Å²) in [5.74, 6) is 0.637. The molecule has 1 fully saturated rings. The van der Waals surface area contributed by atoms with Crippen LogP contribution in [0.5, 0.6) is 0 Å². The van der Waals surface area contributed by atoms with Crippen molar-refractivity contribution in [1.29, 1.82) is 0 Å². The predicted molar refractivity (Wildman–Crippen MR) is 58.3 cm³/mol. The lowest BCUT2D eigenvalue weighted by Gasteiger charge is -2.05. The van der Waals surface area contributed by atoms with Gasteiger partial charge in [-0.2, -0.15) is 0 Å². The van der Waals surface area contributed by atoms with E-state index in [4.69, 9.17) is 0 Å². The monoisotopic (exact) mass is 195 g/mol. The van der Waals surface area contributed by atoms with Crippen LogP contribution >= 0.6 is 0 Å². The average molecular weight is 195 g/mol. The zero-order valence-corrected chi connectivity index (χ0v) is 8.35. The number of nitrogens with zero attached hydrogens (tertiary/aromatic N) is 2. The molecular weight excluding hydrogens is 184 g/mol. The number of rotatable bonds is 2. The zero-order chi connectivity index (χ0) is 10.1. The fourth-order valence-corrected chi connectivity index (χ4v) is 1.77. The molecule has 0 spiro atoms. The van der Waals surface area contributed by atoms with Gasteiger partial charge in [0.1, 0.15) is 0 Å². The zero-order valence-electron chi connectivity index (χ0n) is 8.35. The van der Waals surface area contributed by atoms with Crippen LogP contribution in [0.4, 0.5) is 0 Å². The van der Waals surface area contributed by atoms with Crippen LogP contribution < -0.4 is 0 Å². The van der Waals surface area contributed by atoms with Gasteiger partial charge in [-0.15, -0.1) is 0 Å². The van der Waals surface area contributed by atoms with E-state index in [1.807, 2.05) is 24.3 Å². The smallest absolute Gasteiger partial charge is 0.0920 e. The second-order valence-corrected chi connectivity index (χ2v) is 3.85. The van der Waals surface area contributed by atoms with Crippen LogP contribution in [-0.2, 0) is 0 Å². The Labute approximate surface area is 89.0 Å². The van der Waals surface area contributed by atoms with Crippen molar-refractivity contribution in [3.05, 3.63) is 48.4 Å². The van der Waals surface area contributed by atoms with E-state index in [0.29, 0.717) is 5.92 Å². The summed E-state index contributed by atoms with van der Waals surface area (Å²) in [7, 11) is 0. The molecule has 73 valence electrons. The lowest BCUT2D eigenvalue weighted by Crippen LogP contribution is -1.94. The third-order valence-corrected chi connectivity index (χ3v) is 2.68. The summed E-state index contributed by atoms with van der Waals surface area (Å²) in [6, 6.07) is 10.9. The minimum atomic E-state index is 0.637. The molecule has 0 amide bonds. The van der Waals surface area contributed by atoms with E-state index < -0.39 is 0 Å². The fraction of sp³-hybridized carbons (Fsp3) is 0.231. The van der Waals surface area contributed by atoms with Gasteiger partial charge < -0.3 is 0 Å². The summed E-state index contributed by atoms with van der Waals surface area (Å²) in [5.41, 5.74) is 3.33. The van der Waals surface area contributed by atoms with E-state index in [1.54, 1.807) is 12.4 Å². The van der Waals surface area contributed by atoms with Crippen LogP contribution in [0.25, 0.3) is 11.3 Å². The SMILES string of the molecule is [c]1ccc(-c2nccnc2C2CC2)cc1. The Hall–Kier alpha value is -1.70. The molecule has 15 heavy (non-hydrogen) atoms. The van der Waals surface area contributed by atoms with Crippen molar-refractivity contribution in [2.75, 3.05) is 0 Å². The van der Waals surface area contributed by atoms with Crippen LogP contribution in [0.3, 0.4) is 0 Å². The Balaban J connectivity index is 2.11. The molecule has 0 saturated heterocycles. The minimum absolute atomic E-state index is 0.637. The summed E-state index contributed by atoms with van der Waals surface area (Å²) in [6.07, 6.45) is 6.06. The summed E-state index contributed by atoms with van der Waals surface area (Å²) in [5, 5.41) is 0. The van der Waals surface area contributed by atoms with Gasteiger partial charge in [0, 0.05) is 23.9 Å². The normalized spacial score (nSPS) is 15.2. The Morgan fingerprint density at radius 3 is 2.53 bits per heavy atom. The second kappa shape index (κ2) is 3.46. The van der Waals surface area contributed by atoms with Crippen molar-refractivity contribution in [3.63, 3.8) is 0 Å². The minimum Gasteiger partial charge on any atom is -0.257 e. The van der Waals surface area contributed by atoms with Crippen molar-refractivity contribution in [2.24, 2.45) is 0 Å². The first kappa shape index (κ1) is 8.60. The third kappa shape index (κ3) is 1.63. The maximum Gasteiger partial charge on any atom is 0.0920 e. The van der Waals surface area contributed by atoms with Crippen LogP contribution in [0.15, 0.2) is 36.7 Å². The molecule has 2 nitrogen and oxygen atoms in total. The van der Waals surface area contributed by atoms with Gasteiger partial charge in [-0.1, -0.05) is 24.3 Å². The van der Waals surface area contributed by atoms with E-state index >= 15 is 0 Å². The second-order valence-electron chi connectivity index (χ2n) is 3.85. The molecule has 1 aliphatic carbocycles. The van der Waals surface area contributed by atoms with Crippen LogP contribution in [0.2, 0.25) is 0 Å². The van der Waals surface area contributed by atoms with E-state index in [1.165, 1.54) is 12.8 Å². The summed E-state index contributed by atoms with van der Waals surface area (Å²) < 4.78 is 0. The van der Waals surface area contributed by atoms with Crippen LogP contribution in [-0.4, -0.2) is 9.97 Å². The lowest BCUT2D eigenvalue weighted by atomic mass is 10.1. The molecule has 1 aliphatic rings. The molecule has 1 aromatic heterocycles. The van der Waals surface area contributed by atoms with Crippen molar-refractivity contribution in [2.45, 2.75) is 18.8 Å². The van der Waals surface area contributed by atoms with Gasteiger partial charge in [-0.25, -0.2) is 0 Å². The van der Waals surface area contributed by atoms with Gasteiger partial charge >= 0.3 is 0 Å². The highest BCUT2D eigenvalue weighted by Gasteiger charge is 2.28. The van der Waals surface area contributed by atoms with Crippen molar-refractivity contribution in [1.82, 2.24) is 9.97 Å². The third-order valence-electron chi connectivity index (χ3n) is 2.68. The lowest BCUT2D eigenvalue weighted by molar-refractivity contribution is 0.994. The summed E-state index contributed by atoms with van der Waals surface area (Å²) >= 11 is 0. The number of benzene rings is 1. The van der Waals surface area contributed by atoms with Gasteiger partial charge in [0.2, 0.25) is 0 Å². The van der Waals surface area contributed by atoms with Crippen LogP contribution in [0.1, 0.15) is 24.5 Å². The van der Waals surface area contributed by atoms with Gasteiger partial charge in [-0.3, -0.25) is 9.97 Å². The molecule has 1 heterocycles. The number of aromatic nitrogens is 2. The molecule has 0 unspecified atom stereocenters. The average Bonchev–Trinajstić information content (AvgIpc) is 3.14. The molecule has 3 rings (SSSR count). The Morgan fingerprint density at radius 1 is 1.07 bits per heavy atom. The highest BCUT2D eigenvalue weighted by atomic mass is 14.8. The van der Waals surface area contributed by atoms with Crippen molar-refractivity contribution in [3.8, 4) is 11.3 Å². The van der Waals surface area contributed by atoms with Gasteiger partial charge in [0.25, 0.3) is 0 Å². The Morgan fingerprint density at radius 2 is 1.80 bits per heavy atom. The first-order valence-corrected chi connectivity index (χ1v) is 5.22. The number of hydrogen-bond donors (Lipinski definition) is 0. The summed E-state index contributed by atoms with van der Waals surface area (Å²) in [4.78, 5) is 8.88. The number of hydrogen-bond acceptors (Lipinski definition) is 2. The van der Waals surface area contributed by atoms with E-state index in [-0.39, 0.29) is 0 Å². The Bertz CT molecular complexity index is 461. The van der Waals surface area contributed by atoms with Gasteiger partial charge in [0.05, 0.1) is 11.4 Å². The van der Waals surface area contributed by atoms with E-state index in [0.717, 1.165) is 17.0 Å². The predicted octanol–water partition coefficient (Wildman–Crippen LogP) is 2.82. The van der Waals surface area contributed by atoms with Gasteiger partial charge in [0.15, 0.2) is 0 Å². The molecule has 0 atom stereocenters. The Kier molecular flexibility index (Phi) is 1.98. The molecule has 0 N–H and O–H groups in total. The highest BCUT2D eigenvalue weighted by molar-refractivity contribution is 5.62. The first-order chi connectivity index (χ1) is 7.45. The van der Waals surface area contributed by atoms with Crippen molar-refractivity contribution < 1.29 is 0 Å². The molecule has 0 aliphatic heterocycles. The fourth-order valence-electron chi connectivity index (χ4n) is 1.77. The topological polar surface area (TPSA) is 25.8 Å². The van der Waals surface area contributed by atoms with Gasteiger partial charge in [-0.05, 0) is 18.9 Å². The van der Waals surface area contributed by atoms with Crippen molar-refractivity contribution >= 4 is 0 Å². The standard InChI is InChI=1S/C13H11N2/c1-2-4-10(5-3-1)12-13(11-6-7-11)15-9-8-14-12/h2-5,8-9,11H,6-7H2. The molecular formula is C13H11N2. The van der Waals surface area contributed by atoms with E-state index in [2.05, 4.69) is 16.0 Å². The molecule has 0 bridgehead atoms.